The summed E-state index contributed by atoms with van der Waals surface area (Å²) in [5.41, 5.74) is 9.35. The van der Waals surface area contributed by atoms with Gasteiger partial charge in [0.25, 0.3) is 0 Å². The molecule has 1 aromatic heterocycles. The molecular weight excluding hydrogens is 288 g/mol. The molecule has 2 N–H and O–H groups in total. The van der Waals surface area contributed by atoms with Crippen LogP contribution in [0.2, 0.25) is 0 Å². The Morgan fingerprint density at radius 2 is 1.83 bits per heavy atom. The van der Waals surface area contributed by atoms with E-state index in [0.717, 1.165) is 35.4 Å². The summed E-state index contributed by atoms with van der Waals surface area (Å²) >= 11 is 0. The summed E-state index contributed by atoms with van der Waals surface area (Å²) in [6, 6.07) is 14.4. The van der Waals surface area contributed by atoms with Crippen LogP contribution in [0.25, 0.3) is 10.9 Å². The summed E-state index contributed by atoms with van der Waals surface area (Å²) in [7, 11) is 3.36. The molecule has 4 nitrogen and oxygen atoms in total. The third kappa shape index (κ3) is 3.03. The van der Waals surface area contributed by atoms with Gasteiger partial charge in [-0.3, -0.25) is 0 Å². The van der Waals surface area contributed by atoms with Gasteiger partial charge in [0.2, 0.25) is 0 Å². The fraction of sp³-hybridized carbons (Fsp3) is 0.263. The second kappa shape index (κ2) is 6.75. The molecule has 0 amide bonds. The van der Waals surface area contributed by atoms with E-state index in [9.17, 15) is 0 Å². The second-order valence-corrected chi connectivity index (χ2v) is 5.53. The van der Waals surface area contributed by atoms with Gasteiger partial charge in [-0.1, -0.05) is 30.3 Å². The zero-order valence-electron chi connectivity index (χ0n) is 13.6. The van der Waals surface area contributed by atoms with Gasteiger partial charge in [0.15, 0.2) is 0 Å². The van der Waals surface area contributed by atoms with Crippen molar-refractivity contribution in [1.82, 2.24) is 4.57 Å². The highest BCUT2D eigenvalue weighted by Gasteiger charge is 2.15. The predicted octanol–water partition coefficient (Wildman–Crippen LogP) is 3.21. The Labute approximate surface area is 136 Å². The van der Waals surface area contributed by atoms with Crippen LogP contribution in [0.4, 0.5) is 0 Å². The van der Waals surface area contributed by atoms with Gasteiger partial charge in [-0.2, -0.15) is 0 Å². The van der Waals surface area contributed by atoms with Gasteiger partial charge >= 0.3 is 0 Å². The highest BCUT2D eigenvalue weighted by Crippen LogP contribution is 2.35. The Hall–Kier alpha value is -2.46. The smallest absolute Gasteiger partial charge is 0.132 e. The number of hydrogen-bond acceptors (Lipinski definition) is 3. The molecule has 0 saturated heterocycles. The van der Waals surface area contributed by atoms with Gasteiger partial charge in [0, 0.05) is 30.3 Å². The highest BCUT2D eigenvalue weighted by molar-refractivity contribution is 5.91. The van der Waals surface area contributed by atoms with Crippen LogP contribution in [0, 0.1) is 0 Å². The van der Waals surface area contributed by atoms with E-state index < -0.39 is 0 Å². The summed E-state index contributed by atoms with van der Waals surface area (Å²) in [5, 5.41) is 1.12. The molecule has 0 saturated carbocycles. The average Bonchev–Trinajstić information content (AvgIpc) is 2.93. The monoisotopic (exact) mass is 310 g/mol. The van der Waals surface area contributed by atoms with Crippen molar-refractivity contribution >= 4 is 10.9 Å². The average molecular weight is 310 g/mol. The van der Waals surface area contributed by atoms with Crippen molar-refractivity contribution in [1.29, 1.82) is 0 Å². The van der Waals surface area contributed by atoms with Gasteiger partial charge in [-0.15, -0.1) is 0 Å². The van der Waals surface area contributed by atoms with Gasteiger partial charge in [0.1, 0.15) is 11.5 Å². The number of methoxy groups -OCH3 is 2. The van der Waals surface area contributed by atoms with E-state index in [4.69, 9.17) is 15.2 Å². The lowest BCUT2D eigenvalue weighted by Gasteiger charge is -2.10. The minimum absolute atomic E-state index is 0.611. The van der Waals surface area contributed by atoms with Crippen LogP contribution in [-0.2, 0) is 13.0 Å². The second-order valence-electron chi connectivity index (χ2n) is 5.53. The van der Waals surface area contributed by atoms with Gasteiger partial charge in [-0.25, -0.2) is 0 Å². The number of benzene rings is 2. The van der Waals surface area contributed by atoms with Crippen molar-refractivity contribution in [3.8, 4) is 11.5 Å². The predicted molar refractivity (Wildman–Crippen MR) is 93.3 cm³/mol. The number of ether oxygens (including phenoxy) is 2. The molecule has 0 aliphatic carbocycles. The molecule has 4 heteroatoms. The van der Waals surface area contributed by atoms with Gasteiger partial charge < -0.3 is 19.8 Å². The summed E-state index contributed by atoms with van der Waals surface area (Å²) < 4.78 is 13.2. The third-order valence-corrected chi connectivity index (χ3v) is 4.06. The summed E-state index contributed by atoms with van der Waals surface area (Å²) in [6.45, 7) is 1.41. The molecule has 2 aromatic carbocycles. The molecule has 23 heavy (non-hydrogen) atoms. The van der Waals surface area contributed by atoms with Crippen molar-refractivity contribution in [2.24, 2.45) is 5.73 Å². The maximum Gasteiger partial charge on any atom is 0.132 e. The first-order chi connectivity index (χ1) is 11.3. The van der Waals surface area contributed by atoms with Crippen LogP contribution in [0.3, 0.4) is 0 Å². The normalized spacial score (nSPS) is 10.9. The Kier molecular flexibility index (Phi) is 4.53. The van der Waals surface area contributed by atoms with Gasteiger partial charge in [-0.05, 0) is 24.1 Å². The molecule has 120 valence electrons. The molecule has 0 fully saturated rings. The first kappa shape index (κ1) is 15.4. The Bertz CT molecular complexity index is 794. The standard InChI is InChI=1S/C19H22N2O2/c1-22-16-10-17-19(18(11-16)23-2)15(8-9-20)13-21(17)12-14-6-4-3-5-7-14/h3-7,10-11,13H,8-9,12,20H2,1-2H3. The van der Waals surface area contributed by atoms with Crippen molar-refractivity contribution < 1.29 is 9.47 Å². The molecule has 0 atom stereocenters. The van der Waals surface area contributed by atoms with Crippen LogP contribution in [-0.4, -0.2) is 25.3 Å². The van der Waals surface area contributed by atoms with Crippen LogP contribution in [0.15, 0.2) is 48.7 Å². The molecule has 0 radical (unpaired) electrons. The minimum atomic E-state index is 0.611. The molecule has 0 aliphatic rings. The molecular formula is C19H22N2O2. The molecule has 0 unspecified atom stereocenters. The lowest BCUT2D eigenvalue weighted by Crippen LogP contribution is -2.02. The number of nitrogens with two attached hydrogens (primary N) is 1. The molecule has 0 bridgehead atoms. The van der Waals surface area contributed by atoms with Crippen LogP contribution < -0.4 is 15.2 Å². The Morgan fingerprint density at radius 1 is 1.04 bits per heavy atom. The Balaban J connectivity index is 2.16. The highest BCUT2D eigenvalue weighted by atomic mass is 16.5. The van der Waals surface area contributed by atoms with E-state index in [1.54, 1.807) is 14.2 Å². The molecule has 0 aliphatic heterocycles. The SMILES string of the molecule is COc1cc(OC)c2c(CCN)cn(Cc3ccccc3)c2c1. The zero-order chi connectivity index (χ0) is 16.2. The maximum absolute atomic E-state index is 5.79. The van der Waals surface area contributed by atoms with Crippen molar-refractivity contribution in [2.75, 3.05) is 20.8 Å². The van der Waals surface area contributed by atoms with Crippen LogP contribution >= 0.6 is 0 Å². The van der Waals surface area contributed by atoms with Gasteiger partial charge in [0.05, 0.1) is 19.7 Å². The number of aromatic nitrogens is 1. The molecule has 0 spiro atoms. The molecule has 1 heterocycles. The van der Waals surface area contributed by atoms with E-state index in [0.29, 0.717) is 6.54 Å². The van der Waals surface area contributed by atoms with E-state index >= 15 is 0 Å². The summed E-state index contributed by atoms with van der Waals surface area (Å²) in [6.07, 6.45) is 2.99. The van der Waals surface area contributed by atoms with E-state index in [2.05, 4.69) is 41.1 Å². The quantitative estimate of drug-likeness (QED) is 0.760. The Morgan fingerprint density at radius 3 is 2.48 bits per heavy atom. The van der Waals surface area contributed by atoms with Crippen LogP contribution in [0.5, 0.6) is 11.5 Å². The lowest BCUT2D eigenvalue weighted by molar-refractivity contribution is 0.397. The van der Waals surface area contributed by atoms with E-state index in [-0.39, 0.29) is 0 Å². The molecule has 3 rings (SSSR count). The number of nitrogens with zero attached hydrogens (tertiary/aromatic N) is 1. The fourth-order valence-corrected chi connectivity index (χ4v) is 2.98. The van der Waals surface area contributed by atoms with Crippen molar-refractivity contribution in [3.05, 3.63) is 59.8 Å². The van der Waals surface area contributed by atoms with Crippen molar-refractivity contribution in [2.45, 2.75) is 13.0 Å². The zero-order valence-corrected chi connectivity index (χ0v) is 13.6. The summed E-state index contributed by atoms with van der Waals surface area (Å²) in [4.78, 5) is 0. The first-order valence-electron chi connectivity index (χ1n) is 7.74. The fourth-order valence-electron chi connectivity index (χ4n) is 2.98. The van der Waals surface area contributed by atoms with Crippen molar-refractivity contribution in [3.63, 3.8) is 0 Å². The van der Waals surface area contributed by atoms with E-state index in [1.807, 2.05) is 12.1 Å². The minimum Gasteiger partial charge on any atom is -0.497 e. The van der Waals surface area contributed by atoms with E-state index in [1.165, 1.54) is 11.1 Å². The first-order valence-corrected chi connectivity index (χ1v) is 7.74. The lowest BCUT2D eigenvalue weighted by atomic mass is 10.1. The van der Waals surface area contributed by atoms with Crippen LogP contribution in [0.1, 0.15) is 11.1 Å². The topological polar surface area (TPSA) is 49.4 Å². The largest absolute Gasteiger partial charge is 0.497 e. The summed E-state index contributed by atoms with van der Waals surface area (Å²) in [5.74, 6) is 1.62. The number of fused-ring (bicyclic) bond motifs is 1. The third-order valence-electron chi connectivity index (χ3n) is 4.06. The number of rotatable bonds is 6. The number of hydrogen-bond donors (Lipinski definition) is 1. The molecule has 3 aromatic rings. The maximum atomic E-state index is 5.79.